The lowest BCUT2D eigenvalue weighted by Gasteiger charge is -2.16. The van der Waals surface area contributed by atoms with Crippen LogP contribution in [0.5, 0.6) is 0 Å². The van der Waals surface area contributed by atoms with Crippen molar-refractivity contribution in [2.24, 2.45) is 5.11 Å². The van der Waals surface area contributed by atoms with Gasteiger partial charge in [-0.25, -0.2) is 9.18 Å². The first-order valence-corrected chi connectivity index (χ1v) is 5.76. The molecule has 2 rings (SSSR count). The van der Waals surface area contributed by atoms with Gasteiger partial charge in [0.1, 0.15) is 6.04 Å². The fourth-order valence-electron chi connectivity index (χ4n) is 2.05. The summed E-state index contributed by atoms with van der Waals surface area (Å²) in [6, 6.07) is -1.24. The molecule has 0 bridgehead atoms. The maximum atomic E-state index is 14.2. The fraction of sp³-hybridized carbons (Fsp3) is 0.600. The summed E-state index contributed by atoms with van der Waals surface area (Å²) >= 11 is 0. The third-order valence-corrected chi connectivity index (χ3v) is 3.08. The van der Waals surface area contributed by atoms with Gasteiger partial charge in [0.15, 0.2) is 12.4 Å². The zero-order valence-corrected chi connectivity index (χ0v) is 10.4. The number of nitrogens with zero attached hydrogens (tertiary/aromatic N) is 4. The fourth-order valence-corrected chi connectivity index (χ4v) is 2.05. The largest absolute Gasteiger partial charge is 0.394 e. The van der Waals surface area contributed by atoms with E-state index in [-0.39, 0.29) is 5.56 Å². The Bertz CT molecular complexity index is 664. The molecular formula is C10H12FN5O4. The van der Waals surface area contributed by atoms with Crippen LogP contribution in [0.4, 0.5) is 4.39 Å². The Morgan fingerprint density at radius 3 is 2.95 bits per heavy atom. The lowest BCUT2D eigenvalue weighted by molar-refractivity contribution is -0.0403. The molecule has 108 valence electrons. The normalized spacial score (nSPS) is 29.1. The van der Waals surface area contributed by atoms with Gasteiger partial charge >= 0.3 is 5.69 Å². The van der Waals surface area contributed by atoms with E-state index >= 15 is 0 Å². The van der Waals surface area contributed by atoms with Crippen LogP contribution in [-0.4, -0.2) is 39.6 Å². The van der Waals surface area contributed by atoms with E-state index in [1.54, 1.807) is 0 Å². The Morgan fingerprint density at radius 2 is 2.35 bits per heavy atom. The number of halogens is 1. The molecule has 0 saturated carbocycles. The molecule has 1 aromatic heterocycles. The smallest absolute Gasteiger partial charge is 0.330 e. The number of hydrogen-bond acceptors (Lipinski definition) is 5. The number of hydrogen-bond donors (Lipinski definition) is 2. The van der Waals surface area contributed by atoms with Gasteiger partial charge in [-0.05, 0) is 12.5 Å². The minimum atomic E-state index is -1.81. The Hall–Kier alpha value is -2.16. The molecule has 0 aliphatic carbocycles. The minimum Gasteiger partial charge on any atom is -0.394 e. The number of aryl methyl sites for hydroxylation is 1. The first-order valence-electron chi connectivity index (χ1n) is 5.76. The van der Waals surface area contributed by atoms with Gasteiger partial charge < -0.3 is 9.84 Å². The second kappa shape index (κ2) is 5.45. The second-order valence-corrected chi connectivity index (χ2v) is 4.37. The Labute approximate surface area is 111 Å². The lowest BCUT2D eigenvalue weighted by atomic mass is 10.1. The van der Waals surface area contributed by atoms with Crippen LogP contribution in [0.2, 0.25) is 0 Å². The van der Waals surface area contributed by atoms with Crippen LogP contribution >= 0.6 is 0 Å². The Kier molecular flexibility index (Phi) is 3.89. The Balaban J connectivity index is 2.44. The topological polar surface area (TPSA) is 133 Å². The highest BCUT2D eigenvalue weighted by molar-refractivity contribution is 5.04. The highest BCUT2D eigenvalue weighted by atomic mass is 19.1. The number of H-pyrrole nitrogens is 1. The molecule has 9 nitrogen and oxygen atoms in total. The molecule has 4 atom stereocenters. The summed E-state index contributed by atoms with van der Waals surface area (Å²) in [7, 11) is 0. The number of azide groups is 1. The molecule has 10 heteroatoms. The SMILES string of the molecule is Cc1cn([C@@H]2O[C@H](CO)C(N=[N+]=[N-])[C@@H]2F)c(=O)[nH]c1=O. The van der Waals surface area contributed by atoms with Gasteiger partial charge in [0.25, 0.3) is 5.56 Å². The minimum absolute atomic E-state index is 0.202. The summed E-state index contributed by atoms with van der Waals surface area (Å²) in [6.45, 7) is 0.892. The van der Waals surface area contributed by atoms with Gasteiger partial charge in [0.2, 0.25) is 0 Å². The van der Waals surface area contributed by atoms with Crippen molar-refractivity contribution in [1.29, 1.82) is 0 Å². The predicted octanol–water partition coefficient (Wildman–Crippen LogP) is -0.248. The van der Waals surface area contributed by atoms with Crippen LogP contribution < -0.4 is 11.2 Å². The van der Waals surface area contributed by atoms with Crippen LogP contribution in [0.3, 0.4) is 0 Å². The lowest BCUT2D eigenvalue weighted by Crippen LogP contribution is -2.36. The molecule has 1 aliphatic rings. The summed E-state index contributed by atoms with van der Waals surface area (Å²) in [5.74, 6) is 0. The molecule has 0 aromatic carbocycles. The molecule has 2 heterocycles. The summed E-state index contributed by atoms with van der Waals surface area (Å²) in [5.41, 5.74) is 7.17. The van der Waals surface area contributed by atoms with Crippen molar-refractivity contribution in [3.63, 3.8) is 0 Å². The van der Waals surface area contributed by atoms with Crippen LogP contribution in [0.1, 0.15) is 11.8 Å². The average molecular weight is 285 g/mol. The highest BCUT2D eigenvalue weighted by Gasteiger charge is 2.45. The van der Waals surface area contributed by atoms with E-state index in [0.29, 0.717) is 0 Å². The molecule has 2 N–H and O–H groups in total. The number of alkyl halides is 1. The highest BCUT2D eigenvalue weighted by Crippen LogP contribution is 2.32. The zero-order valence-electron chi connectivity index (χ0n) is 10.4. The Morgan fingerprint density at radius 1 is 1.65 bits per heavy atom. The molecule has 0 radical (unpaired) electrons. The third kappa shape index (κ3) is 2.31. The van der Waals surface area contributed by atoms with Crippen LogP contribution in [0.15, 0.2) is 20.9 Å². The van der Waals surface area contributed by atoms with E-state index in [0.717, 1.165) is 10.8 Å². The maximum absolute atomic E-state index is 14.2. The van der Waals surface area contributed by atoms with Crippen molar-refractivity contribution < 1.29 is 14.2 Å². The van der Waals surface area contributed by atoms with Gasteiger partial charge in [-0.1, -0.05) is 5.11 Å². The predicted molar refractivity (Wildman–Crippen MR) is 64.9 cm³/mol. The molecule has 1 aromatic rings. The van der Waals surface area contributed by atoms with Crippen molar-refractivity contribution in [3.05, 3.63) is 43.0 Å². The molecule has 0 amide bonds. The molecular weight excluding hydrogens is 273 g/mol. The van der Waals surface area contributed by atoms with Crippen molar-refractivity contribution in [2.75, 3.05) is 6.61 Å². The average Bonchev–Trinajstić information content (AvgIpc) is 2.72. The number of aromatic amines is 1. The summed E-state index contributed by atoms with van der Waals surface area (Å²) < 4.78 is 20.3. The molecule has 1 aliphatic heterocycles. The maximum Gasteiger partial charge on any atom is 0.330 e. The van der Waals surface area contributed by atoms with Crippen LogP contribution in [0, 0.1) is 6.92 Å². The van der Waals surface area contributed by atoms with Crippen LogP contribution in [-0.2, 0) is 4.74 Å². The monoisotopic (exact) mass is 285 g/mol. The number of aliphatic hydroxyl groups excluding tert-OH is 1. The number of ether oxygens (including phenoxy) is 1. The van der Waals surface area contributed by atoms with Gasteiger partial charge in [-0.15, -0.1) is 0 Å². The van der Waals surface area contributed by atoms with Crippen molar-refractivity contribution in [3.8, 4) is 0 Å². The van der Waals surface area contributed by atoms with E-state index in [2.05, 4.69) is 10.0 Å². The van der Waals surface area contributed by atoms with E-state index < -0.39 is 42.4 Å². The number of rotatable bonds is 3. The molecule has 1 unspecified atom stereocenters. The number of nitrogens with one attached hydrogen (secondary N) is 1. The second-order valence-electron chi connectivity index (χ2n) is 4.37. The number of aromatic nitrogens is 2. The third-order valence-electron chi connectivity index (χ3n) is 3.08. The van der Waals surface area contributed by atoms with Gasteiger partial charge in [0, 0.05) is 16.7 Å². The van der Waals surface area contributed by atoms with Gasteiger partial charge in [-0.2, -0.15) is 0 Å². The van der Waals surface area contributed by atoms with E-state index in [4.69, 9.17) is 15.4 Å². The first kappa shape index (κ1) is 14.3. The van der Waals surface area contributed by atoms with Crippen LogP contribution in [0.25, 0.3) is 10.4 Å². The van der Waals surface area contributed by atoms with Crippen molar-refractivity contribution >= 4 is 0 Å². The standard InChI is InChI=1S/C10H12FN5O4/c1-4-2-16(10(19)13-8(4)18)9-6(11)7(14-15-12)5(3-17)20-9/h2,5-7,9,17H,3H2,1H3,(H,13,18,19)/t5-,6+,7?,9-/m1/s1. The van der Waals surface area contributed by atoms with Gasteiger partial charge in [-0.3, -0.25) is 14.3 Å². The van der Waals surface area contributed by atoms with Crippen molar-refractivity contribution in [1.82, 2.24) is 9.55 Å². The quantitative estimate of drug-likeness (QED) is 0.450. The summed E-state index contributed by atoms with van der Waals surface area (Å²) in [6.07, 6.45) is -3.08. The summed E-state index contributed by atoms with van der Waals surface area (Å²) in [5, 5.41) is 12.3. The molecule has 1 fully saturated rings. The first-order chi connectivity index (χ1) is 9.49. The molecule has 1 saturated heterocycles. The van der Waals surface area contributed by atoms with Gasteiger partial charge in [0.05, 0.1) is 12.7 Å². The molecule has 20 heavy (non-hydrogen) atoms. The zero-order chi connectivity index (χ0) is 14.9. The number of aliphatic hydroxyl groups is 1. The summed E-state index contributed by atoms with van der Waals surface area (Å²) in [4.78, 5) is 27.5. The van der Waals surface area contributed by atoms with E-state index in [1.165, 1.54) is 6.92 Å². The van der Waals surface area contributed by atoms with Crippen molar-refractivity contribution in [2.45, 2.75) is 31.5 Å². The van der Waals surface area contributed by atoms with E-state index in [1.807, 2.05) is 4.98 Å². The molecule has 0 spiro atoms. The van der Waals surface area contributed by atoms with E-state index in [9.17, 15) is 14.0 Å².